The first-order chi connectivity index (χ1) is 10.3. The molecule has 1 spiro atoms. The molecule has 1 aromatic rings. The van der Waals surface area contributed by atoms with Gasteiger partial charge in [0.05, 0.1) is 13.2 Å². The second-order valence-electron chi connectivity index (χ2n) is 6.59. The summed E-state index contributed by atoms with van der Waals surface area (Å²) in [5.74, 6) is 0. The molecule has 116 valence electrons. The van der Waals surface area contributed by atoms with Crippen LogP contribution in [0.2, 0.25) is 0 Å². The van der Waals surface area contributed by atoms with Gasteiger partial charge < -0.3 is 9.64 Å². The standard InChI is InChI=1S/C17H27N3O/c1-2-19-10-11-21-15-17(13-19)6-3-9-20(14-17)12-16-4-7-18-8-5-16/h4-5,7-8H,2-3,6,9-15H2,1H3. The number of piperidine rings is 1. The first-order valence-electron chi connectivity index (χ1n) is 8.21. The maximum atomic E-state index is 5.94. The highest BCUT2D eigenvalue weighted by molar-refractivity contribution is 5.10. The van der Waals surface area contributed by atoms with E-state index in [-0.39, 0.29) is 0 Å². The largest absolute Gasteiger partial charge is 0.379 e. The predicted octanol–water partition coefficient (Wildman–Crippen LogP) is 2.02. The van der Waals surface area contributed by atoms with Crippen LogP contribution in [0.4, 0.5) is 0 Å². The van der Waals surface area contributed by atoms with Gasteiger partial charge in [-0.05, 0) is 43.6 Å². The first kappa shape index (κ1) is 14.9. The SMILES string of the molecule is CCN1CCOCC2(CCCN(Cc3ccncc3)C2)C1. The van der Waals surface area contributed by atoms with Crippen LogP contribution in [-0.4, -0.2) is 60.7 Å². The summed E-state index contributed by atoms with van der Waals surface area (Å²) < 4.78 is 5.94. The van der Waals surface area contributed by atoms with E-state index in [0.717, 1.165) is 39.4 Å². The Hall–Kier alpha value is -0.970. The Kier molecular flexibility index (Phi) is 4.88. The van der Waals surface area contributed by atoms with Crippen molar-refractivity contribution in [3.63, 3.8) is 0 Å². The van der Waals surface area contributed by atoms with E-state index in [1.807, 2.05) is 12.4 Å². The number of pyridine rings is 1. The van der Waals surface area contributed by atoms with E-state index < -0.39 is 0 Å². The molecule has 1 unspecified atom stereocenters. The minimum Gasteiger partial charge on any atom is -0.379 e. The van der Waals surface area contributed by atoms with Crippen LogP contribution in [0, 0.1) is 5.41 Å². The fourth-order valence-corrected chi connectivity index (χ4v) is 3.79. The molecule has 4 heteroatoms. The summed E-state index contributed by atoms with van der Waals surface area (Å²) in [5, 5.41) is 0. The number of rotatable bonds is 3. The summed E-state index contributed by atoms with van der Waals surface area (Å²) in [5.41, 5.74) is 1.70. The van der Waals surface area contributed by atoms with Crippen molar-refractivity contribution in [1.29, 1.82) is 0 Å². The lowest BCUT2D eigenvalue weighted by atomic mass is 9.80. The van der Waals surface area contributed by atoms with Crippen molar-refractivity contribution < 1.29 is 4.74 Å². The van der Waals surface area contributed by atoms with Crippen LogP contribution in [0.5, 0.6) is 0 Å². The van der Waals surface area contributed by atoms with Gasteiger partial charge in [0.15, 0.2) is 0 Å². The second kappa shape index (κ2) is 6.86. The number of likely N-dealkylation sites (N-methyl/N-ethyl adjacent to an activating group) is 1. The van der Waals surface area contributed by atoms with Crippen molar-refractivity contribution in [2.75, 3.05) is 45.9 Å². The first-order valence-corrected chi connectivity index (χ1v) is 8.21. The van der Waals surface area contributed by atoms with Crippen LogP contribution < -0.4 is 0 Å². The highest BCUT2D eigenvalue weighted by atomic mass is 16.5. The molecule has 4 nitrogen and oxygen atoms in total. The molecule has 3 heterocycles. The third kappa shape index (κ3) is 3.82. The van der Waals surface area contributed by atoms with Crippen molar-refractivity contribution in [3.05, 3.63) is 30.1 Å². The Morgan fingerprint density at radius 3 is 2.81 bits per heavy atom. The highest BCUT2D eigenvalue weighted by Gasteiger charge is 2.38. The van der Waals surface area contributed by atoms with E-state index in [1.54, 1.807) is 0 Å². The Balaban J connectivity index is 1.66. The van der Waals surface area contributed by atoms with Gasteiger partial charge in [-0.15, -0.1) is 0 Å². The van der Waals surface area contributed by atoms with Crippen LogP contribution in [0.1, 0.15) is 25.3 Å². The van der Waals surface area contributed by atoms with E-state index in [4.69, 9.17) is 4.74 Å². The average Bonchev–Trinajstić information content (AvgIpc) is 2.71. The molecule has 0 N–H and O–H groups in total. The van der Waals surface area contributed by atoms with Gasteiger partial charge in [-0.1, -0.05) is 6.92 Å². The quantitative estimate of drug-likeness (QED) is 0.851. The fourth-order valence-electron chi connectivity index (χ4n) is 3.79. The number of aromatic nitrogens is 1. The zero-order valence-corrected chi connectivity index (χ0v) is 13.1. The topological polar surface area (TPSA) is 28.6 Å². The van der Waals surface area contributed by atoms with Gasteiger partial charge in [0.2, 0.25) is 0 Å². The molecule has 1 aromatic heterocycles. The molecule has 0 amide bonds. The van der Waals surface area contributed by atoms with E-state index in [0.29, 0.717) is 5.41 Å². The monoisotopic (exact) mass is 289 g/mol. The molecular weight excluding hydrogens is 262 g/mol. The van der Waals surface area contributed by atoms with Crippen LogP contribution in [0.15, 0.2) is 24.5 Å². The fraction of sp³-hybridized carbons (Fsp3) is 0.706. The normalized spacial score (nSPS) is 28.6. The van der Waals surface area contributed by atoms with E-state index in [1.165, 1.54) is 31.5 Å². The third-order valence-electron chi connectivity index (χ3n) is 4.86. The lowest BCUT2D eigenvalue weighted by Crippen LogP contribution is -2.50. The van der Waals surface area contributed by atoms with Gasteiger partial charge in [0.1, 0.15) is 0 Å². The third-order valence-corrected chi connectivity index (χ3v) is 4.86. The van der Waals surface area contributed by atoms with Crippen LogP contribution in [-0.2, 0) is 11.3 Å². The molecule has 2 fully saturated rings. The Labute approximate surface area is 128 Å². The van der Waals surface area contributed by atoms with Gasteiger partial charge in [-0.2, -0.15) is 0 Å². The summed E-state index contributed by atoms with van der Waals surface area (Å²) in [7, 11) is 0. The van der Waals surface area contributed by atoms with Crippen molar-refractivity contribution in [3.8, 4) is 0 Å². The second-order valence-corrected chi connectivity index (χ2v) is 6.59. The molecule has 3 rings (SSSR count). The van der Waals surface area contributed by atoms with Crippen LogP contribution >= 0.6 is 0 Å². The minimum absolute atomic E-state index is 0.331. The number of likely N-dealkylation sites (tertiary alicyclic amines) is 1. The van der Waals surface area contributed by atoms with Gasteiger partial charge in [-0.25, -0.2) is 0 Å². The summed E-state index contributed by atoms with van der Waals surface area (Å²) in [6.07, 6.45) is 6.37. The maximum Gasteiger partial charge on any atom is 0.0593 e. The summed E-state index contributed by atoms with van der Waals surface area (Å²) in [6.45, 7) is 10.9. The van der Waals surface area contributed by atoms with Crippen molar-refractivity contribution in [1.82, 2.24) is 14.8 Å². The Morgan fingerprint density at radius 2 is 2.00 bits per heavy atom. The lowest BCUT2D eigenvalue weighted by Gasteiger charge is -2.43. The molecule has 21 heavy (non-hydrogen) atoms. The Morgan fingerprint density at radius 1 is 1.19 bits per heavy atom. The molecule has 2 saturated heterocycles. The summed E-state index contributed by atoms with van der Waals surface area (Å²) >= 11 is 0. The van der Waals surface area contributed by atoms with Crippen LogP contribution in [0.3, 0.4) is 0 Å². The minimum atomic E-state index is 0.331. The van der Waals surface area contributed by atoms with Crippen molar-refractivity contribution in [2.24, 2.45) is 5.41 Å². The zero-order valence-electron chi connectivity index (χ0n) is 13.1. The summed E-state index contributed by atoms with van der Waals surface area (Å²) in [6, 6.07) is 4.26. The number of nitrogens with zero attached hydrogens (tertiary/aromatic N) is 3. The smallest absolute Gasteiger partial charge is 0.0593 e. The zero-order chi connectivity index (χ0) is 14.5. The van der Waals surface area contributed by atoms with Crippen molar-refractivity contribution in [2.45, 2.75) is 26.3 Å². The molecule has 0 bridgehead atoms. The highest BCUT2D eigenvalue weighted by Crippen LogP contribution is 2.33. The van der Waals surface area contributed by atoms with E-state index in [2.05, 4.69) is 33.8 Å². The van der Waals surface area contributed by atoms with Crippen LogP contribution in [0.25, 0.3) is 0 Å². The molecule has 0 saturated carbocycles. The van der Waals surface area contributed by atoms with Gasteiger partial charge in [-0.3, -0.25) is 9.88 Å². The van der Waals surface area contributed by atoms with Gasteiger partial charge in [0, 0.05) is 44.0 Å². The van der Waals surface area contributed by atoms with Crippen molar-refractivity contribution >= 4 is 0 Å². The molecule has 1 atom stereocenters. The molecule has 0 aliphatic carbocycles. The molecule has 2 aliphatic heterocycles. The molecular formula is C17H27N3O. The molecule has 0 aromatic carbocycles. The lowest BCUT2D eigenvalue weighted by molar-refractivity contribution is 0.00333. The van der Waals surface area contributed by atoms with E-state index >= 15 is 0 Å². The maximum absolute atomic E-state index is 5.94. The number of ether oxygens (including phenoxy) is 1. The number of hydrogen-bond donors (Lipinski definition) is 0. The number of hydrogen-bond acceptors (Lipinski definition) is 4. The Bertz CT molecular complexity index is 439. The van der Waals surface area contributed by atoms with Gasteiger partial charge in [0.25, 0.3) is 0 Å². The average molecular weight is 289 g/mol. The molecule has 2 aliphatic rings. The van der Waals surface area contributed by atoms with Gasteiger partial charge >= 0.3 is 0 Å². The molecule has 0 radical (unpaired) electrons. The summed E-state index contributed by atoms with van der Waals surface area (Å²) in [4.78, 5) is 9.27. The predicted molar refractivity (Wildman–Crippen MR) is 84.1 cm³/mol. The van der Waals surface area contributed by atoms with E-state index in [9.17, 15) is 0 Å².